The van der Waals surface area contributed by atoms with Crippen molar-refractivity contribution in [3.05, 3.63) is 0 Å². The Bertz CT molecular complexity index is 207. The Morgan fingerprint density at radius 1 is 1.60 bits per heavy atom. The molecule has 1 unspecified atom stereocenters. The smallest absolute Gasteiger partial charge is 0.239 e. The highest BCUT2D eigenvalue weighted by molar-refractivity contribution is 5.82. The summed E-state index contributed by atoms with van der Waals surface area (Å²) >= 11 is 0. The number of piperidine rings is 1. The minimum Gasteiger partial charge on any atom is -0.396 e. The molecule has 0 aromatic carbocycles. The molecule has 88 valence electrons. The van der Waals surface area contributed by atoms with Gasteiger partial charge in [-0.1, -0.05) is 6.92 Å². The third kappa shape index (κ3) is 3.18. The first-order chi connectivity index (χ1) is 7.20. The molecule has 2 atom stereocenters. The lowest BCUT2D eigenvalue weighted by Gasteiger charge is -2.37. The van der Waals surface area contributed by atoms with Gasteiger partial charge in [-0.15, -0.1) is 0 Å². The predicted octanol–water partition coefficient (Wildman–Crippen LogP) is 0.487. The summed E-state index contributed by atoms with van der Waals surface area (Å²) in [6.45, 7) is 2.88. The molecule has 0 radical (unpaired) electrons. The first-order valence-electron chi connectivity index (χ1n) is 5.87. The number of carbonyl (C=O) groups is 1. The fourth-order valence-electron chi connectivity index (χ4n) is 2.13. The molecule has 0 saturated carbocycles. The first kappa shape index (κ1) is 12.5. The van der Waals surface area contributed by atoms with Crippen molar-refractivity contribution < 1.29 is 9.90 Å². The molecule has 0 aromatic heterocycles. The normalized spacial score (nSPS) is 23.9. The summed E-state index contributed by atoms with van der Waals surface area (Å²) in [5.74, 6) is 0.0515. The highest BCUT2D eigenvalue weighted by Gasteiger charge is 2.28. The van der Waals surface area contributed by atoms with Crippen LogP contribution < -0.4 is 5.73 Å². The molecule has 1 heterocycles. The van der Waals surface area contributed by atoms with Gasteiger partial charge in [-0.2, -0.15) is 0 Å². The average molecular weight is 214 g/mol. The molecular weight excluding hydrogens is 192 g/mol. The summed E-state index contributed by atoms with van der Waals surface area (Å²) < 4.78 is 0. The van der Waals surface area contributed by atoms with Crippen LogP contribution >= 0.6 is 0 Å². The van der Waals surface area contributed by atoms with Gasteiger partial charge >= 0.3 is 0 Å². The first-order valence-corrected chi connectivity index (χ1v) is 5.87. The summed E-state index contributed by atoms with van der Waals surface area (Å²) in [5, 5.41) is 8.94. The number of rotatable bonds is 4. The number of aliphatic hydroxyl groups excluding tert-OH is 1. The van der Waals surface area contributed by atoms with Crippen LogP contribution in [0.15, 0.2) is 0 Å². The number of nitrogens with zero attached hydrogens (tertiary/aromatic N) is 1. The molecule has 1 saturated heterocycles. The van der Waals surface area contributed by atoms with E-state index >= 15 is 0 Å². The van der Waals surface area contributed by atoms with E-state index in [1.165, 1.54) is 0 Å². The van der Waals surface area contributed by atoms with Crippen LogP contribution in [0.4, 0.5) is 0 Å². The van der Waals surface area contributed by atoms with Crippen molar-refractivity contribution in [2.24, 2.45) is 5.73 Å². The van der Waals surface area contributed by atoms with Gasteiger partial charge in [0.2, 0.25) is 5.91 Å². The Morgan fingerprint density at radius 2 is 2.33 bits per heavy atom. The van der Waals surface area contributed by atoms with Crippen molar-refractivity contribution >= 4 is 5.91 Å². The monoisotopic (exact) mass is 214 g/mol. The van der Waals surface area contributed by atoms with Crippen molar-refractivity contribution in [2.45, 2.75) is 51.1 Å². The number of nitrogens with two attached hydrogens (primary N) is 1. The number of hydrogen-bond donors (Lipinski definition) is 2. The van der Waals surface area contributed by atoms with Crippen molar-refractivity contribution in [2.75, 3.05) is 13.2 Å². The van der Waals surface area contributed by atoms with E-state index < -0.39 is 0 Å². The van der Waals surface area contributed by atoms with Gasteiger partial charge in [-0.05, 0) is 32.1 Å². The van der Waals surface area contributed by atoms with Crippen molar-refractivity contribution in [3.8, 4) is 0 Å². The Labute approximate surface area is 91.4 Å². The van der Waals surface area contributed by atoms with Gasteiger partial charge in [0.25, 0.3) is 0 Å². The number of carbonyl (C=O) groups excluding carboxylic acids is 1. The number of aliphatic hydroxyl groups is 1. The summed E-state index contributed by atoms with van der Waals surface area (Å²) in [6, 6.07) is -0.168. The van der Waals surface area contributed by atoms with Gasteiger partial charge in [-0.25, -0.2) is 0 Å². The maximum absolute atomic E-state index is 11.9. The largest absolute Gasteiger partial charge is 0.396 e. The van der Waals surface area contributed by atoms with Crippen LogP contribution in [0.2, 0.25) is 0 Å². The lowest BCUT2D eigenvalue weighted by Crippen LogP contribution is -2.50. The van der Waals surface area contributed by atoms with Crippen LogP contribution in [0.3, 0.4) is 0 Å². The molecule has 4 nitrogen and oxygen atoms in total. The standard InChI is InChI=1S/C11H22N2O2/c1-2-10(12)11(15)13-7-4-3-5-9(13)6-8-14/h9-10,14H,2-8,12H2,1H3/t9?,10-/m0/s1. The molecule has 0 aromatic rings. The molecule has 0 aliphatic carbocycles. The molecule has 1 aliphatic heterocycles. The molecule has 0 bridgehead atoms. The van der Waals surface area contributed by atoms with Gasteiger partial charge in [0, 0.05) is 19.2 Å². The van der Waals surface area contributed by atoms with Crippen molar-refractivity contribution in [1.29, 1.82) is 0 Å². The van der Waals surface area contributed by atoms with E-state index in [4.69, 9.17) is 10.8 Å². The molecule has 15 heavy (non-hydrogen) atoms. The second-order valence-electron chi connectivity index (χ2n) is 4.21. The number of amides is 1. The zero-order valence-corrected chi connectivity index (χ0v) is 9.48. The minimum atomic E-state index is -0.371. The van der Waals surface area contributed by atoms with Gasteiger partial charge in [0.1, 0.15) is 0 Å². The molecule has 1 rings (SSSR count). The van der Waals surface area contributed by atoms with Crippen molar-refractivity contribution in [3.63, 3.8) is 0 Å². The maximum Gasteiger partial charge on any atom is 0.239 e. The van der Waals surface area contributed by atoms with E-state index in [1.807, 2.05) is 11.8 Å². The van der Waals surface area contributed by atoms with Crippen LogP contribution in [-0.2, 0) is 4.79 Å². The van der Waals surface area contributed by atoms with Crippen LogP contribution in [0.1, 0.15) is 39.0 Å². The summed E-state index contributed by atoms with van der Waals surface area (Å²) in [7, 11) is 0. The van der Waals surface area contributed by atoms with Crippen molar-refractivity contribution in [1.82, 2.24) is 4.90 Å². The quantitative estimate of drug-likeness (QED) is 0.715. The van der Waals surface area contributed by atoms with E-state index in [2.05, 4.69) is 0 Å². The molecule has 3 N–H and O–H groups in total. The Hall–Kier alpha value is -0.610. The summed E-state index contributed by atoms with van der Waals surface area (Å²) in [5.41, 5.74) is 5.75. The van der Waals surface area contributed by atoms with Crippen LogP contribution in [0, 0.1) is 0 Å². The van der Waals surface area contributed by atoms with E-state index in [-0.39, 0.29) is 24.6 Å². The number of hydrogen-bond acceptors (Lipinski definition) is 3. The van der Waals surface area contributed by atoms with Gasteiger partial charge < -0.3 is 15.7 Å². The SMILES string of the molecule is CC[C@H](N)C(=O)N1CCCCC1CCO. The van der Waals surface area contributed by atoms with Gasteiger partial charge in [0.05, 0.1) is 6.04 Å². The minimum absolute atomic E-state index is 0.0515. The molecule has 1 fully saturated rings. The van der Waals surface area contributed by atoms with E-state index in [0.29, 0.717) is 12.8 Å². The molecule has 1 amide bonds. The number of likely N-dealkylation sites (tertiary alicyclic amines) is 1. The van der Waals surface area contributed by atoms with E-state index in [0.717, 1.165) is 25.8 Å². The average Bonchev–Trinajstić information content (AvgIpc) is 2.28. The van der Waals surface area contributed by atoms with Crippen LogP contribution in [0.5, 0.6) is 0 Å². The highest BCUT2D eigenvalue weighted by Crippen LogP contribution is 2.20. The second kappa shape index (κ2) is 6.08. The molecule has 0 spiro atoms. The molecule has 1 aliphatic rings. The third-order valence-corrected chi connectivity index (χ3v) is 3.13. The van der Waals surface area contributed by atoms with E-state index in [1.54, 1.807) is 0 Å². The summed E-state index contributed by atoms with van der Waals surface area (Å²) in [6.07, 6.45) is 4.58. The molecular formula is C11H22N2O2. The van der Waals surface area contributed by atoms with Gasteiger partial charge in [-0.3, -0.25) is 4.79 Å². The Kier molecular flexibility index (Phi) is 5.05. The van der Waals surface area contributed by atoms with Crippen LogP contribution in [0.25, 0.3) is 0 Å². The second-order valence-corrected chi connectivity index (χ2v) is 4.21. The fraction of sp³-hybridized carbons (Fsp3) is 0.909. The van der Waals surface area contributed by atoms with Gasteiger partial charge in [0.15, 0.2) is 0 Å². The fourth-order valence-corrected chi connectivity index (χ4v) is 2.13. The predicted molar refractivity (Wildman–Crippen MR) is 59.3 cm³/mol. The zero-order valence-electron chi connectivity index (χ0n) is 9.48. The Balaban J connectivity index is 2.58. The zero-order chi connectivity index (χ0) is 11.3. The lowest BCUT2D eigenvalue weighted by atomic mass is 9.98. The molecule has 4 heteroatoms. The van der Waals surface area contributed by atoms with Crippen LogP contribution in [-0.4, -0.2) is 41.1 Å². The topological polar surface area (TPSA) is 66.6 Å². The Morgan fingerprint density at radius 3 is 2.93 bits per heavy atom. The van der Waals surface area contributed by atoms with E-state index in [9.17, 15) is 4.79 Å². The summed E-state index contributed by atoms with van der Waals surface area (Å²) in [4.78, 5) is 13.8. The maximum atomic E-state index is 11.9. The highest BCUT2D eigenvalue weighted by atomic mass is 16.3. The lowest BCUT2D eigenvalue weighted by molar-refractivity contribution is -0.136. The third-order valence-electron chi connectivity index (χ3n) is 3.13.